The zero-order valence-electron chi connectivity index (χ0n) is 9.12. The van der Waals surface area contributed by atoms with E-state index in [1.807, 2.05) is 0 Å². The predicted octanol–water partition coefficient (Wildman–Crippen LogP) is 1.43. The van der Waals surface area contributed by atoms with Crippen molar-refractivity contribution < 1.29 is 18.3 Å². The Kier molecular flexibility index (Phi) is 3.74. The maximum absolute atomic E-state index is 11.7. The van der Waals surface area contributed by atoms with E-state index in [2.05, 4.69) is 10.1 Å². The first-order chi connectivity index (χ1) is 7.66. The molecule has 5 heteroatoms. The fourth-order valence-corrected chi connectivity index (χ4v) is 2.49. The normalized spacial score (nSPS) is 31.6. The molecule has 0 spiro atoms. The number of alkyl halides is 2. The molecule has 16 heavy (non-hydrogen) atoms. The molecule has 0 saturated heterocycles. The second-order valence-corrected chi connectivity index (χ2v) is 4.68. The number of rotatable bonds is 6. The van der Waals surface area contributed by atoms with Crippen molar-refractivity contribution in [2.75, 3.05) is 19.8 Å². The van der Waals surface area contributed by atoms with Gasteiger partial charge < -0.3 is 10.1 Å². The molecular formula is C11H17F2NO2. The van der Waals surface area contributed by atoms with Gasteiger partial charge in [0.15, 0.2) is 0 Å². The van der Waals surface area contributed by atoms with Gasteiger partial charge in [0.2, 0.25) is 5.91 Å². The van der Waals surface area contributed by atoms with E-state index in [1.165, 1.54) is 6.42 Å². The molecule has 2 unspecified atom stereocenters. The van der Waals surface area contributed by atoms with Gasteiger partial charge in [0.25, 0.3) is 6.43 Å². The second kappa shape index (κ2) is 5.08. The third kappa shape index (κ3) is 3.14. The Labute approximate surface area is 93.5 Å². The summed E-state index contributed by atoms with van der Waals surface area (Å²) in [5, 5.41) is 2.73. The number of fused-ring (bicyclic) bond motifs is 1. The van der Waals surface area contributed by atoms with Gasteiger partial charge in [-0.05, 0) is 31.1 Å². The number of amides is 1. The first-order valence-electron chi connectivity index (χ1n) is 5.80. The van der Waals surface area contributed by atoms with E-state index in [1.54, 1.807) is 0 Å². The topological polar surface area (TPSA) is 38.3 Å². The van der Waals surface area contributed by atoms with Crippen LogP contribution in [0, 0.1) is 17.8 Å². The maximum Gasteiger partial charge on any atom is 0.261 e. The van der Waals surface area contributed by atoms with Crippen LogP contribution >= 0.6 is 0 Å². The molecule has 0 bridgehead atoms. The summed E-state index contributed by atoms with van der Waals surface area (Å²) in [7, 11) is 0. The lowest BCUT2D eigenvalue weighted by atomic mass is 10.0. The van der Waals surface area contributed by atoms with E-state index < -0.39 is 13.0 Å². The summed E-state index contributed by atoms with van der Waals surface area (Å²) in [5.74, 6) is 1.78. The van der Waals surface area contributed by atoms with Crippen molar-refractivity contribution in [3.63, 3.8) is 0 Å². The average Bonchev–Trinajstić information content (AvgIpc) is 2.84. The summed E-state index contributed by atoms with van der Waals surface area (Å²) < 4.78 is 28.1. The quantitative estimate of drug-likeness (QED) is 0.705. The van der Waals surface area contributed by atoms with Crippen molar-refractivity contribution in [1.82, 2.24) is 5.32 Å². The Balaban J connectivity index is 1.51. The largest absolute Gasteiger partial charge is 0.374 e. The molecule has 0 aliphatic heterocycles. The molecule has 2 aliphatic rings. The second-order valence-electron chi connectivity index (χ2n) is 4.68. The number of carbonyl (C=O) groups excluding carboxylic acids is 1. The first kappa shape index (κ1) is 11.8. The smallest absolute Gasteiger partial charge is 0.261 e. The van der Waals surface area contributed by atoms with Crippen molar-refractivity contribution in [2.45, 2.75) is 25.7 Å². The van der Waals surface area contributed by atoms with Crippen molar-refractivity contribution >= 4 is 5.91 Å². The Morgan fingerprint density at radius 2 is 2.00 bits per heavy atom. The molecule has 0 aromatic rings. The van der Waals surface area contributed by atoms with Crippen LogP contribution < -0.4 is 5.32 Å². The van der Waals surface area contributed by atoms with E-state index in [9.17, 15) is 13.6 Å². The van der Waals surface area contributed by atoms with Crippen molar-refractivity contribution in [3.8, 4) is 0 Å². The molecule has 92 valence electrons. The van der Waals surface area contributed by atoms with Crippen LogP contribution in [0.1, 0.15) is 19.3 Å². The van der Waals surface area contributed by atoms with Gasteiger partial charge in [0.1, 0.15) is 6.61 Å². The molecule has 0 radical (unpaired) electrons. The number of ether oxygens (including phenoxy) is 1. The third-order valence-corrected chi connectivity index (χ3v) is 3.40. The molecule has 2 aliphatic carbocycles. The van der Waals surface area contributed by atoms with Crippen LogP contribution in [0.25, 0.3) is 0 Å². The lowest BCUT2D eigenvalue weighted by Gasteiger charge is -2.12. The molecule has 0 aromatic carbocycles. The Morgan fingerprint density at radius 3 is 2.62 bits per heavy atom. The van der Waals surface area contributed by atoms with Crippen molar-refractivity contribution in [2.24, 2.45) is 17.8 Å². The number of hydrogen-bond acceptors (Lipinski definition) is 2. The van der Waals surface area contributed by atoms with Crippen LogP contribution in [0.5, 0.6) is 0 Å². The minimum atomic E-state index is -2.43. The molecule has 2 saturated carbocycles. The highest BCUT2D eigenvalue weighted by molar-refractivity contribution is 5.79. The van der Waals surface area contributed by atoms with Gasteiger partial charge in [-0.3, -0.25) is 4.79 Å². The molecule has 1 amide bonds. The van der Waals surface area contributed by atoms with Crippen molar-refractivity contribution in [3.05, 3.63) is 0 Å². The van der Waals surface area contributed by atoms with Gasteiger partial charge in [-0.1, -0.05) is 0 Å². The van der Waals surface area contributed by atoms with Gasteiger partial charge in [-0.25, -0.2) is 8.78 Å². The van der Waals surface area contributed by atoms with Gasteiger partial charge in [0, 0.05) is 12.5 Å². The number of carbonyl (C=O) groups is 1. The number of halogens is 2. The maximum atomic E-state index is 11.7. The molecule has 2 rings (SSSR count). The Morgan fingerprint density at radius 1 is 1.31 bits per heavy atom. The summed E-state index contributed by atoms with van der Waals surface area (Å²) in [4.78, 5) is 11.6. The van der Waals surface area contributed by atoms with Crippen LogP contribution in [-0.2, 0) is 9.53 Å². The van der Waals surface area contributed by atoms with E-state index in [0.29, 0.717) is 6.54 Å². The van der Waals surface area contributed by atoms with Crippen LogP contribution in [0.4, 0.5) is 8.78 Å². The Bertz CT molecular complexity index is 250. The minimum Gasteiger partial charge on any atom is -0.374 e. The monoisotopic (exact) mass is 233 g/mol. The Hall–Kier alpha value is -0.710. The first-order valence-corrected chi connectivity index (χ1v) is 5.80. The highest BCUT2D eigenvalue weighted by Crippen LogP contribution is 2.54. The number of hydrogen-bond donors (Lipinski definition) is 1. The standard InChI is InChI=1S/C11H17F2NO2/c12-10(13)6-16-2-1-14-11(15)9-4-7-3-8(7)5-9/h7-10H,1-6H2,(H,14,15). The fraction of sp³-hybridized carbons (Fsp3) is 0.909. The fourth-order valence-electron chi connectivity index (χ4n) is 2.49. The minimum absolute atomic E-state index is 0.0628. The zero-order valence-corrected chi connectivity index (χ0v) is 9.12. The highest BCUT2D eigenvalue weighted by atomic mass is 19.3. The lowest BCUT2D eigenvalue weighted by Crippen LogP contribution is -2.32. The van der Waals surface area contributed by atoms with Crippen molar-refractivity contribution in [1.29, 1.82) is 0 Å². The summed E-state index contributed by atoms with van der Waals surface area (Å²) >= 11 is 0. The van der Waals surface area contributed by atoms with Crippen LogP contribution in [0.15, 0.2) is 0 Å². The van der Waals surface area contributed by atoms with Gasteiger partial charge in [0.05, 0.1) is 6.61 Å². The number of nitrogens with one attached hydrogen (secondary N) is 1. The molecule has 0 heterocycles. The molecule has 2 fully saturated rings. The molecule has 2 atom stereocenters. The molecule has 1 N–H and O–H groups in total. The molecular weight excluding hydrogens is 216 g/mol. The molecule has 3 nitrogen and oxygen atoms in total. The van der Waals surface area contributed by atoms with Crippen LogP contribution in [-0.4, -0.2) is 32.1 Å². The van der Waals surface area contributed by atoms with E-state index >= 15 is 0 Å². The lowest BCUT2D eigenvalue weighted by molar-refractivity contribution is -0.125. The highest BCUT2D eigenvalue weighted by Gasteiger charge is 2.47. The van der Waals surface area contributed by atoms with E-state index in [0.717, 1.165) is 24.7 Å². The van der Waals surface area contributed by atoms with E-state index in [-0.39, 0.29) is 18.4 Å². The van der Waals surface area contributed by atoms with Gasteiger partial charge >= 0.3 is 0 Å². The van der Waals surface area contributed by atoms with Crippen LogP contribution in [0.3, 0.4) is 0 Å². The summed E-state index contributed by atoms with van der Waals surface area (Å²) in [6.07, 6.45) is 0.877. The van der Waals surface area contributed by atoms with Gasteiger partial charge in [-0.2, -0.15) is 0 Å². The van der Waals surface area contributed by atoms with E-state index in [4.69, 9.17) is 0 Å². The SMILES string of the molecule is O=C(NCCOCC(F)F)C1CC2CC2C1. The summed E-state index contributed by atoms with van der Waals surface area (Å²) in [6, 6.07) is 0. The molecule has 0 aromatic heterocycles. The third-order valence-electron chi connectivity index (χ3n) is 3.40. The average molecular weight is 233 g/mol. The predicted molar refractivity (Wildman–Crippen MR) is 54.2 cm³/mol. The summed E-state index contributed by atoms with van der Waals surface area (Å²) in [5.41, 5.74) is 0. The summed E-state index contributed by atoms with van der Waals surface area (Å²) in [6.45, 7) is -0.0590. The van der Waals surface area contributed by atoms with Gasteiger partial charge in [-0.15, -0.1) is 0 Å². The van der Waals surface area contributed by atoms with Crippen LogP contribution in [0.2, 0.25) is 0 Å². The zero-order chi connectivity index (χ0) is 11.5.